The summed E-state index contributed by atoms with van der Waals surface area (Å²) in [4.78, 5) is 14.8. The number of para-hydroxylation sites is 1. The van der Waals surface area contributed by atoms with E-state index in [1.165, 1.54) is 35.9 Å². The number of rotatable bonds is 11. The number of fused-ring (bicyclic) bond motifs is 1. The standard InChI is InChI=1S/C23H30N2O7S2/c1-25(15-16-6-5-7-20(29-2)22(16)30-3)23(26)18(10-13-33-4)24-34(27,28)17-8-9-19-21(14-17)32-12-11-31-19/h5-9,14,18,24H,10-13,15H2,1-4H3/t18-/m1/s1. The third kappa shape index (κ3) is 6.08. The SMILES string of the molecule is COc1cccc(CN(C)C(=O)[C@@H](CCSC)NS(=O)(=O)c2ccc3c(c2)OCCO3)c1OC. The molecule has 1 N–H and O–H groups in total. The summed E-state index contributed by atoms with van der Waals surface area (Å²) in [7, 11) is 0.722. The van der Waals surface area contributed by atoms with Crippen LogP contribution in [-0.2, 0) is 21.4 Å². The Balaban J connectivity index is 1.80. The average molecular weight is 511 g/mol. The zero-order valence-corrected chi connectivity index (χ0v) is 21.3. The largest absolute Gasteiger partial charge is 0.493 e. The lowest BCUT2D eigenvalue weighted by Crippen LogP contribution is -2.47. The molecular weight excluding hydrogens is 480 g/mol. The molecule has 0 saturated carbocycles. The van der Waals surface area contributed by atoms with E-state index < -0.39 is 16.1 Å². The summed E-state index contributed by atoms with van der Waals surface area (Å²) in [5.74, 6) is 2.20. The Morgan fingerprint density at radius 3 is 2.56 bits per heavy atom. The van der Waals surface area contributed by atoms with E-state index in [1.807, 2.05) is 18.4 Å². The van der Waals surface area contributed by atoms with Gasteiger partial charge in [0.15, 0.2) is 23.0 Å². The van der Waals surface area contributed by atoms with Crippen LogP contribution in [-0.4, -0.2) is 71.8 Å². The lowest BCUT2D eigenvalue weighted by atomic mass is 10.1. The van der Waals surface area contributed by atoms with Crippen LogP contribution in [0.5, 0.6) is 23.0 Å². The zero-order chi connectivity index (χ0) is 24.7. The fourth-order valence-electron chi connectivity index (χ4n) is 3.59. The highest BCUT2D eigenvalue weighted by atomic mass is 32.2. The number of ether oxygens (including phenoxy) is 4. The number of methoxy groups -OCH3 is 2. The molecule has 1 heterocycles. The third-order valence-corrected chi connectivity index (χ3v) is 7.41. The molecule has 0 radical (unpaired) electrons. The fraction of sp³-hybridized carbons (Fsp3) is 0.435. The van der Waals surface area contributed by atoms with Gasteiger partial charge in [0.25, 0.3) is 0 Å². The molecule has 2 aromatic carbocycles. The van der Waals surface area contributed by atoms with E-state index in [9.17, 15) is 13.2 Å². The number of benzene rings is 2. The Morgan fingerprint density at radius 1 is 1.15 bits per heavy atom. The second kappa shape index (κ2) is 11.7. The second-order valence-corrected chi connectivity index (χ2v) is 10.3. The molecule has 3 rings (SSSR count). The van der Waals surface area contributed by atoms with Gasteiger partial charge in [0.05, 0.1) is 19.1 Å². The number of nitrogens with zero attached hydrogens (tertiary/aromatic N) is 1. The molecule has 1 aliphatic rings. The first-order valence-corrected chi connectivity index (χ1v) is 13.5. The molecule has 0 aliphatic carbocycles. The van der Waals surface area contributed by atoms with E-state index >= 15 is 0 Å². The van der Waals surface area contributed by atoms with Gasteiger partial charge < -0.3 is 23.8 Å². The van der Waals surface area contributed by atoms with E-state index in [4.69, 9.17) is 18.9 Å². The average Bonchev–Trinajstić information content (AvgIpc) is 2.85. The first-order chi connectivity index (χ1) is 16.3. The van der Waals surface area contributed by atoms with Crippen LogP contribution in [0.1, 0.15) is 12.0 Å². The minimum atomic E-state index is -3.99. The van der Waals surface area contributed by atoms with Crippen LogP contribution in [0.2, 0.25) is 0 Å². The molecule has 0 fully saturated rings. The highest BCUT2D eigenvalue weighted by Crippen LogP contribution is 2.33. The van der Waals surface area contributed by atoms with Crippen molar-refractivity contribution in [2.24, 2.45) is 0 Å². The maximum atomic E-state index is 13.3. The Bertz CT molecular complexity index is 1110. The van der Waals surface area contributed by atoms with Crippen LogP contribution < -0.4 is 23.7 Å². The van der Waals surface area contributed by atoms with Gasteiger partial charge in [-0.05, 0) is 36.6 Å². The first-order valence-electron chi connectivity index (χ1n) is 10.7. The summed E-state index contributed by atoms with van der Waals surface area (Å²) in [6.07, 6.45) is 2.24. The van der Waals surface area contributed by atoms with E-state index in [0.29, 0.717) is 48.4 Å². The number of carbonyl (C=O) groups is 1. The van der Waals surface area contributed by atoms with Crippen LogP contribution in [0.15, 0.2) is 41.3 Å². The highest BCUT2D eigenvalue weighted by Gasteiger charge is 2.29. The van der Waals surface area contributed by atoms with Crippen LogP contribution in [0.25, 0.3) is 0 Å². The van der Waals surface area contributed by atoms with Crippen molar-refractivity contribution in [3.63, 3.8) is 0 Å². The molecule has 1 aliphatic heterocycles. The van der Waals surface area contributed by atoms with E-state index in [1.54, 1.807) is 26.3 Å². The smallest absolute Gasteiger partial charge is 0.241 e. The van der Waals surface area contributed by atoms with E-state index in [-0.39, 0.29) is 17.3 Å². The van der Waals surface area contributed by atoms with Gasteiger partial charge in [0, 0.05) is 25.2 Å². The van der Waals surface area contributed by atoms with Gasteiger partial charge in [-0.25, -0.2) is 8.42 Å². The molecular formula is C23H30N2O7S2. The Morgan fingerprint density at radius 2 is 1.88 bits per heavy atom. The van der Waals surface area contributed by atoms with Gasteiger partial charge in [-0.15, -0.1) is 0 Å². The third-order valence-electron chi connectivity index (χ3n) is 5.30. The van der Waals surface area contributed by atoms with Gasteiger partial charge in [-0.3, -0.25) is 4.79 Å². The van der Waals surface area contributed by atoms with Crippen molar-refractivity contribution in [3.05, 3.63) is 42.0 Å². The van der Waals surface area contributed by atoms with Crippen molar-refractivity contribution in [2.75, 3.05) is 46.5 Å². The van der Waals surface area contributed by atoms with Gasteiger partial charge in [0.1, 0.15) is 19.3 Å². The molecule has 9 nitrogen and oxygen atoms in total. The number of sulfonamides is 1. The molecule has 0 saturated heterocycles. The first kappa shape index (κ1) is 26.0. The summed E-state index contributed by atoms with van der Waals surface area (Å²) in [6.45, 7) is 0.977. The molecule has 0 spiro atoms. The highest BCUT2D eigenvalue weighted by molar-refractivity contribution is 7.98. The van der Waals surface area contributed by atoms with Gasteiger partial charge in [0.2, 0.25) is 15.9 Å². The summed E-state index contributed by atoms with van der Waals surface area (Å²) >= 11 is 1.54. The Hall–Kier alpha value is -2.63. The zero-order valence-electron chi connectivity index (χ0n) is 19.7. The predicted molar refractivity (Wildman–Crippen MR) is 131 cm³/mol. The Kier molecular flexibility index (Phi) is 8.92. The van der Waals surface area contributed by atoms with Crippen LogP contribution >= 0.6 is 11.8 Å². The molecule has 0 aromatic heterocycles. The number of hydrogen-bond donors (Lipinski definition) is 1. The number of carbonyl (C=O) groups excluding carboxylic acids is 1. The lowest BCUT2D eigenvalue weighted by Gasteiger charge is -2.26. The maximum absolute atomic E-state index is 13.3. The maximum Gasteiger partial charge on any atom is 0.241 e. The van der Waals surface area contributed by atoms with Crippen LogP contribution in [0, 0.1) is 0 Å². The van der Waals surface area contributed by atoms with Crippen molar-refractivity contribution in [2.45, 2.75) is 23.9 Å². The van der Waals surface area contributed by atoms with Crippen molar-refractivity contribution in [3.8, 4) is 23.0 Å². The number of hydrogen-bond acceptors (Lipinski definition) is 8. The second-order valence-electron chi connectivity index (χ2n) is 7.61. The summed E-state index contributed by atoms with van der Waals surface area (Å²) in [5.41, 5.74) is 0.746. The van der Waals surface area contributed by atoms with E-state index in [0.717, 1.165) is 5.56 Å². The molecule has 34 heavy (non-hydrogen) atoms. The summed E-state index contributed by atoms with van der Waals surface area (Å²) in [5, 5.41) is 0. The van der Waals surface area contributed by atoms with Crippen molar-refractivity contribution in [1.29, 1.82) is 0 Å². The fourth-order valence-corrected chi connectivity index (χ4v) is 5.30. The molecule has 1 atom stereocenters. The number of nitrogens with one attached hydrogen (secondary N) is 1. The quantitative estimate of drug-likeness (QED) is 0.492. The molecule has 11 heteroatoms. The minimum absolute atomic E-state index is 0.0100. The van der Waals surface area contributed by atoms with Gasteiger partial charge in [-0.2, -0.15) is 16.5 Å². The number of amides is 1. The monoisotopic (exact) mass is 510 g/mol. The number of likely N-dealkylation sites (N-methyl/N-ethyl adjacent to an activating group) is 1. The lowest BCUT2D eigenvalue weighted by molar-refractivity contribution is -0.132. The minimum Gasteiger partial charge on any atom is -0.493 e. The van der Waals surface area contributed by atoms with Crippen molar-refractivity contribution in [1.82, 2.24) is 9.62 Å². The van der Waals surface area contributed by atoms with E-state index in [2.05, 4.69) is 4.72 Å². The van der Waals surface area contributed by atoms with Gasteiger partial charge in [-0.1, -0.05) is 12.1 Å². The summed E-state index contributed by atoms with van der Waals surface area (Å²) in [6, 6.07) is 8.89. The Labute approximate surface area is 204 Å². The topological polar surface area (TPSA) is 103 Å². The van der Waals surface area contributed by atoms with Crippen molar-refractivity contribution < 1.29 is 32.2 Å². The molecule has 0 unspecified atom stereocenters. The molecule has 2 aromatic rings. The van der Waals surface area contributed by atoms with Crippen LogP contribution in [0.3, 0.4) is 0 Å². The van der Waals surface area contributed by atoms with Gasteiger partial charge >= 0.3 is 0 Å². The summed E-state index contributed by atoms with van der Waals surface area (Å²) < 4.78 is 50.6. The predicted octanol–water partition coefficient (Wildman–Crippen LogP) is 2.53. The number of thioether (sulfide) groups is 1. The normalized spacial score (nSPS) is 13.8. The van der Waals surface area contributed by atoms with Crippen molar-refractivity contribution >= 4 is 27.7 Å². The molecule has 1 amide bonds. The van der Waals surface area contributed by atoms with Crippen LogP contribution in [0.4, 0.5) is 0 Å². The molecule has 186 valence electrons. The molecule has 0 bridgehead atoms.